The number of amides is 1. The lowest BCUT2D eigenvalue weighted by molar-refractivity contribution is -0.118. The van der Waals surface area contributed by atoms with Crippen LogP contribution >= 0.6 is 0 Å². The smallest absolute Gasteiger partial charge is 0.249 e. The van der Waals surface area contributed by atoms with E-state index >= 15 is 0 Å². The second kappa shape index (κ2) is 5.46. The quantitative estimate of drug-likeness (QED) is 0.826. The van der Waals surface area contributed by atoms with Crippen molar-refractivity contribution in [2.45, 2.75) is 19.6 Å². The molecule has 1 amide bonds. The molecule has 2 aromatic rings. The Morgan fingerprint density at radius 1 is 1.56 bits per heavy atom. The zero-order valence-electron chi connectivity index (χ0n) is 10.3. The van der Waals surface area contributed by atoms with E-state index < -0.39 is 0 Å². The van der Waals surface area contributed by atoms with Crippen LogP contribution in [-0.2, 0) is 16.1 Å². The van der Waals surface area contributed by atoms with Crippen molar-refractivity contribution in [2.24, 2.45) is 0 Å². The van der Waals surface area contributed by atoms with Crippen LogP contribution in [-0.4, -0.2) is 32.8 Å². The minimum atomic E-state index is -0.315. The maximum absolute atomic E-state index is 11.9. The number of nitrogens with zero attached hydrogens (tertiary/aromatic N) is 3. The molecule has 0 saturated carbocycles. The molecule has 0 radical (unpaired) electrons. The normalized spacial score (nSPS) is 12.3. The minimum absolute atomic E-state index is 0.172. The summed E-state index contributed by atoms with van der Waals surface area (Å²) < 4.78 is 6.71. The van der Waals surface area contributed by atoms with E-state index in [0.29, 0.717) is 12.4 Å². The van der Waals surface area contributed by atoms with Crippen LogP contribution in [0.5, 0.6) is 0 Å². The lowest BCUT2D eigenvalue weighted by Crippen LogP contribution is -2.23. The second-order valence-corrected chi connectivity index (χ2v) is 3.83. The van der Waals surface area contributed by atoms with Gasteiger partial charge in [0.1, 0.15) is 12.6 Å². The fourth-order valence-corrected chi connectivity index (χ4v) is 1.51. The Hall–Kier alpha value is -2.15. The van der Waals surface area contributed by atoms with Crippen LogP contribution in [0.15, 0.2) is 24.5 Å². The molecule has 2 heterocycles. The van der Waals surface area contributed by atoms with Crippen molar-refractivity contribution in [3.05, 3.63) is 30.4 Å². The Labute approximate surface area is 104 Å². The van der Waals surface area contributed by atoms with Gasteiger partial charge >= 0.3 is 0 Å². The highest BCUT2D eigenvalue weighted by molar-refractivity contribution is 5.91. The number of hydrogen-bond donors (Lipinski definition) is 2. The summed E-state index contributed by atoms with van der Waals surface area (Å²) in [5.74, 6) is 0.654. The molecule has 1 atom stereocenters. The van der Waals surface area contributed by atoms with Gasteiger partial charge in [-0.2, -0.15) is 4.98 Å². The van der Waals surface area contributed by atoms with Gasteiger partial charge in [0.2, 0.25) is 11.9 Å². The first-order chi connectivity index (χ1) is 8.70. The standard InChI is InChI=1S/C11H15N5O2/c1-8(16-5-3-4-6-16)10(17)13-11-12-9(7-18-2)14-15-11/h3-6,8H,7H2,1-2H3,(H2,12,13,14,15,17). The third-order valence-electron chi connectivity index (χ3n) is 2.50. The highest BCUT2D eigenvalue weighted by Crippen LogP contribution is 2.09. The summed E-state index contributed by atoms with van der Waals surface area (Å²) in [4.78, 5) is 16.0. The largest absolute Gasteiger partial charge is 0.377 e. The summed E-state index contributed by atoms with van der Waals surface area (Å²) in [6.07, 6.45) is 3.66. The molecule has 2 N–H and O–H groups in total. The van der Waals surface area contributed by atoms with Crippen LogP contribution in [0.2, 0.25) is 0 Å². The molecule has 18 heavy (non-hydrogen) atoms. The molecule has 0 saturated heterocycles. The van der Waals surface area contributed by atoms with E-state index in [9.17, 15) is 4.79 Å². The lowest BCUT2D eigenvalue weighted by atomic mass is 10.3. The van der Waals surface area contributed by atoms with Gasteiger partial charge in [-0.05, 0) is 19.1 Å². The fraction of sp³-hybridized carbons (Fsp3) is 0.364. The van der Waals surface area contributed by atoms with Gasteiger partial charge < -0.3 is 9.30 Å². The summed E-state index contributed by atoms with van der Waals surface area (Å²) >= 11 is 0. The minimum Gasteiger partial charge on any atom is -0.377 e. The molecule has 2 aromatic heterocycles. The van der Waals surface area contributed by atoms with Gasteiger partial charge in [0.05, 0.1) is 0 Å². The van der Waals surface area contributed by atoms with Crippen LogP contribution < -0.4 is 5.32 Å². The molecular formula is C11H15N5O2. The number of methoxy groups -OCH3 is 1. The van der Waals surface area contributed by atoms with Crippen molar-refractivity contribution >= 4 is 11.9 Å². The number of rotatable bonds is 5. The number of carbonyl (C=O) groups excluding carboxylic acids is 1. The van der Waals surface area contributed by atoms with Crippen LogP contribution in [0.3, 0.4) is 0 Å². The van der Waals surface area contributed by atoms with E-state index in [2.05, 4.69) is 20.5 Å². The summed E-state index contributed by atoms with van der Waals surface area (Å²) in [6, 6.07) is 3.42. The Morgan fingerprint density at radius 2 is 2.28 bits per heavy atom. The van der Waals surface area contributed by atoms with Crippen LogP contribution in [0, 0.1) is 0 Å². The molecule has 0 aliphatic heterocycles. The Bertz CT molecular complexity index is 505. The van der Waals surface area contributed by atoms with Gasteiger partial charge in [-0.3, -0.25) is 15.2 Å². The third kappa shape index (κ3) is 2.75. The van der Waals surface area contributed by atoms with Gasteiger partial charge in [0, 0.05) is 19.5 Å². The summed E-state index contributed by atoms with van der Waals surface area (Å²) in [5.41, 5.74) is 0. The zero-order chi connectivity index (χ0) is 13.0. The van der Waals surface area contributed by atoms with E-state index in [4.69, 9.17) is 4.74 Å². The van der Waals surface area contributed by atoms with E-state index in [1.165, 1.54) is 0 Å². The van der Waals surface area contributed by atoms with Crippen molar-refractivity contribution in [3.8, 4) is 0 Å². The number of aromatic nitrogens is 4. The monoisotopic (exact) mass is 249 g/mol. The molecule has 0 aromatic carbocycles. The number of aromatic amines is 1. The molecule has 0 spiro atoms. The first-order valence-electron chi connectivity index (χ1n) is 5.54. The number of hydrogen-bond acceptors (Lipinski definition) is 4. The average molecular weight is 249 g/mol. The van der Waals surface area contributed by atoms with Crippen molar-refractivity contribution in [2.75, 3.05) is 12.4 Å². The summed E-state index contributed by atoms with van der Waals surface area (Å²) in [7, 11) is 1.56. The second-order valence-electron chi connectivity index (χ2n) is 3.83. The summed E-state index contributed by atoms with van der Waals surface area (Å²) in [5, 5.41) is 9.20. The Balaban J connectivity index is 1.98. The number of ether oxygens (including phenoxy) is 1. The Morgan fingerprint density at radius 3 is 2.94 bits per heavy atom. The van der Waals surface area contributed by atoms with E-state index in [1.807, 2.05) is 24.5 Å². The van der Waals surface area contributed by atoms with Crippen molar-refractivity contribution in [3.63, 3.8) is 0 Å². The maximum atomic E-state index is 11.9. The lowest BCUT2D eigenvalue weighted by Gasteiger charge is -2.11. The van der Waals surface area contributed by atoms with Crippen molar-refractivity contribution in [1.82, 2.24) is 19.7 Å². The number of carbonyl (C=O) groups is 1. The average Bonchev–Trinajstić information content (AvgIpc) is 3.00. The van der Waals surface area contributed by atoms with E-state index in [0.717, 1.165) is 0 Å². The molecule has 7 nitrogen and oxygen atoms in total. The zero-order valence-corrected chi connectivity index (χ0v) is 10.3. The van der Waals surface area contributed by atoms with Crippen LogP contribution in [0.4, 0.5) is 5.95 Å². The van der Waals surface area contributed by atoms with Gasteiger partial charge in [-0.15, -0.1) is 5.10 Å². The van der Waals surface area contributed by atoms with Gasteiger partial charge in [0.25, 0.3) is 0 Å². The van der Waals surface area contributed by atoms with Crippen molar-refractivity contribution < 1.29 is 9.53 Å². The van der Waals surface area contributed by atoms with Crippen molar-refractivity contribution in [1.29, 1.82) is 0 Å². The topological polar surface area (TPSA) is 84.8 Å². The predicted octanol–water partition coefficient (Wildman–Crippen LogP) is 0.952. The number of nitrogens with one attached hydrogen (secondary N) is 2. The molecule has 7 heteroatoms. The Kier molecular flexibility index (Phi) is 3.73. The molecule has 0 bridgehead atoms. The summed E-state index contributed by atoms with van der Waals surface area (Å²) in [6.45, 7) is 2.13. The van der Waals surface area contributed by atoms with Gasteiger partial charge in [-0.25, -0.2) is 0 Å². The van der Waals surface area contributed by atoms with E-state index in [1.54, 1.807) is 18.6 Å². The number of anilines is 1. The maximum Gasteiger partial charge on any atom is 0.249 e. The highest BCUT2D eigenvalue weighted by Gasteiger charge is 2.15. The first kappa shape index (κ1) is 12.3. The number of H-pyrrole nitrogens is 1. The molecule has 2 rings (SSSR count). The SMILES string of the molecule is COCc1nc(NC(=O)C(C)n2cccc2)n[nH]1. The van der Waals surface area contributed by atoms with Crippen LogP contribution in [0.25, 0.3) is 0 Å². The fourth-order valence-electron chi connectivity index (χ4n) is 1.51. The van der Waals surface area contributed by atoms with Gasteiger partial charge in [0.15, 0.2) is 5.82 Å². The molecule has 1 unspecified atom stereocenters. The first-order valence-corrected chi connectivity index (χ1v) is 5.54. The molecule has 0 aliphatic carbocycles. The third-order valence-corrected chi connectivity index (χ3v) is 2.50. The van der Waals surface area contributed by atoms with Gasteiger partial charge in [-0.1, -0.05) is 0 Å². The predicted molar refractivity (Wildman–Crippen MR) is 64.9 cm³/mol. The highest BCUT2D eigenvalue weighted by atomic mass is 16.5. The molecule has 0 aliphatic rings. The molecule has 96 valence electrons. The van der Waals surface area contributed by atoms with E-state index in [-0.39, 0.29) is 17.9 Å². The van der Waals surface area contributed by atoms with Crippen LogP contribution in [0.1, 0.15) is 18.8 Å². The molecular weight excluding hydrogens is 234 g/mol. The molecule has 0 fully saturated rings.